The highest BCUT2D eigenvalue weighted by Crippen LogP contribution is 2.40. The summed E-state index contributed by atoms with van der Waals surface area (Å²) in [5.74, 6) is -2.69. The molecule has 1 amide bonds. The number of likely N-dealkylation sites (tertiary alicyclic amines) is 1. The Balaban J connectivity index is 1.54. The monoisotopic (exact) mass is 397 g/mol. The number of hydrogen-bond donors (Lipinski definition) is 1. The number of hydrogen-bond acceptors (Lipinski definition) is 2. The summed E-state index contributed by atoms with van der Waals surface area (Å²) in [6.07, 6.45) is -1.06. The van der Waals surface area contributed by atoms with Crippen molar-refractivity contribution in [1.29, 1.82) is 0 Å². The first-order valence-corrected chi connectivity index (χ1v) is 9.92. The van der Waals surface area contributed by atoms with Crippen molar-refractivity contribution >= 4 is 11.9 Å². The summed E-state index contributed by atoms with van der Waals surface area (Å²) in [6, 6.07) is 6.93. The molecule has 0 bridgehead atoms. The molecular formula is C21H26F3NO3. The molecule has 2 atom stereocenters. The van der Waals surface area contributed by atoms with E-state index < -0.39 is 24.0 Å². The van der Waals surface area contributed by atoms with Crippen molar-refractivity contribution < 1.29 is 27.9 Å². The number of aromatic carboxylic acids is 1. The molecule has 1 aliphatic carbocycles. The summed E-state index contributed by atoms with van der Waals surface area (Å²) >= 11 is 0. The first kappa shape index (κ1) is 20.7. The normalized spacial score (nSPS) is 24.2. The Labute approximate surface area is 162 Å². The van der Waals surface area contributed by atoms with Crippen molar-refractivity contribution in [2.75, 3.05) is 13.1 Å². The van der Waals surface area contributed by atoms with Gasteiger partial charge in [-0.05, 0) is 56.1 Å². The van der Waals surface area contributed by atoms with Gasteiger partial charge >= 0.3 is 12.1 Å². The van der Waals surface area contributed by atoms with Gasteiger partial charge in [0.05, 0.1) is 11.5 Å². The van der Waals surface area contributed by atoms with Crippen molar-refractivity contribution in [1.82, 2.24) is 4.90 Å². The Morgan fingerprint density at radius 2 is 1.75 bits per heavy atom. The minimum absolute atomic E-state index is 0.0890. The predicted molar refractivity (Wildman–Crippen MR) is 97.9 cm³/mol. The first-order chi connectivity index (χ1) is 13.3. The van der Waals surface area contributed by atoms with E-state index in [0.29, 0.717) is 37.9 Å². The average Bonchev–Trinajstić information content (AvgIpc) is 2.68. The predicted octanol–water partition coefficient (Wildman–Crippen LogP) is 4.53. The van der Waals surface area contributed by atoms with Crippen molar-refractivity contribution in [3.05, 3.63) is 35.4 Å². The zero-order valence-electron chi connectivity index (χ0n) is 15.8. The lowest BCUT2D eigenvalue weighted by Crippen LogP contribution is -2.44. The lowest BCUT2D eigenvalue weighted by Gasteiger charge is -2.37. The van der Waals surface area contributed by atoms with Crippen LogP contribution >= 0.6 is 0 Å². The highest BCUT2D eigenvalue weighted by Gasteiger charge is 2.44. The molecule has 1 aromatic carbocycles. The number of halogens is 3. The third-order valence-corrected chi connectivity index (χ3v) is 6.17. The molecule has 1 saturated carbocycles. The minimum Gasteiger partial charge on any atom is -0.478 e. The Morgan fingerprint density at radius 3 is 2.39 bits per heavy atom. The SMILES string of the molecule is O=C(O)c1ccccc1CC1CCN(C(=O)C2CCCC(C(F)(F)F)C2)CC1. The molecule has 4 nitrogen and oxygen atoms in total. The second kappa shape index (κ2) is 8.53. The van der Waals surface area contributed by atoms with Crippen LogP contribution in [0, 0.1) is 17.8 Å². The van der Waals surface area contributed by atoms with Crippen LogP contribution in [0.15, 0.2) is 24.3 Å². The lowest BCUT2D eigenvalue weighted by atomic mass is 9.80. The van der Waals surface area contributed by atoms with E-state index in [1.807, 2.05) is 12.1 Å². The zero-order chi connectivity index (χ0) is 20.3. The fourth-order valence-corrected chi connectivity index (χ4v) is 4.55. The first-order valence-electron chi connectivity index (χ1n) is 9.92. The maximum Gasteiger partial charge on any atom is 0.391 e. The van der Waals surface area contributed by atoms with Crippen LogP contribution in [0.25, 0.3) is 0 Å². The number of amides is 1. The number of carboxylic acid groups (broad SMARTS) is 1. The summed E-state index contributed by atoms with van der Waals surface area (Å²) in [5.41, 5.74) is 1.10. The summed E-state index contributed by atoms with van der Waals surface area (Å²) < 4.78 is 39.0. The number of carbonyl (C=O) groups excluding carboxylic acids is 1. The maximum absolute atomic E-state index is 13.0. The van der Waals surface area contributed by atoms with Crippen LogP contribution in [-0.2, 0) is 11.2 Å². The Bertz CT molecular complexity index is 711. The highest BCUT2D eigenvalue weighted by molar-refractivity contribution is 5.89. The van der Waals surface area contributed by atoms with Crippen LogP contribution in [0.1, 0.15) is 54.4 Å². The standard InChI is InChI=1S/C21H26F3NO3/c22-21(23,24)17-6-3-5-16(13-17)19(26)25-10-8-14(9-11-25)12-15-4-1-2-7-18(15)20(27)28/h1-2,4,7,14,16-17H,3,5-6,8-13H2,(H,27,28). The van der Waals surface area contributed by atoms with E-state index >= 15 is 0 Å². The van der Waals surface area contributed by atoms with Gasteiger partial charge in [0.25, 0.3) is 0 Å². The number of carboxylic acids is 1. The molecule has 3 rings (SSSR count). The van der Waals surface area contributed by atoms with Crippen molar-refractivity contribution in [3.8, 4) is 0 Å². The Morgan fingerprint density at radius 1 is 1.07 bits per heavy atom. The highest BCUT2D eigenvalue weighted by atomic mass is 19.4. The van der Waals surface area contributed by atoms with Gasteiger partial charge in [-0.3, -0.25) is 4.79 Å². The zero-order valence-corrected chi connectivity index (χ0v) is 15.8. The summed E-state index contributed by atoms with van der Waals surface area (Å²) in [5, 5.41) is 9.30. The second-order valence-corrected chi connectivity index (χ2v) is 8.04. The van der Waals surface area contributed by atoms with Crippen LogP contribution in [0.2, 0.25) is 0 Å². The van der Waals surface area contributed by atoms with E-state index in [9.17, 15) is 27.9 Å². The van der Waals surface area contributed by atoms with Crippen molar-refractivity contribution in [2.45, 2.75) is 51.1 Å². The molecule has 7 heteroatoms. The topological polar surface area (TPSA) is 57.6 Å². The van der Waals surface area contributed by atoms with Gasteiger partial charge in [0.15, 0.2) is 0 Å². The average molecular weight is 397 g/mol. The van der Waals surface area contributed by atoms with Gasteiger partial charge in [-0.25, -0.2) is 4.79 Å². The van der Waals surface area contributed by atoms with Gasteiger partial charge in [0.2, 0.25) is 5.91 Å². The largest absolute Gasteiger partial charge is 0.478 e. The van der Waals surface area contributed by atoms with E-state index in [1.54, 1.807) is 17.0 Å². The minimum atomic E-state index is -4.22. The molecule has 2 fully saturated rings. The summed E-state index contributed by atoms with van der Waals surface area (Å²) in [4.78, 5) is 25.8. The van der Waals surface area contributed by atoms with Gasteiger partial charge < -0.3 is 10.0 Å². The number of carbonyl (C=O) groups is 2. The fraction of sp³-hybridized carbons (Fsp3) is 0.619. The molecule has 154 valence electrons. The molecule has 0 radical (unpaired) electrons. The molecule has 0 aromatic heterocycles. The molecule has 1 N–H and O–H groups in total. The molecule has 28 heavy (non-hydrogen) atoms. The number of piperidine rings is 1. The summed E-state index contributed by atoms with van der Waals surface area (Å²) in [6.45, 7) is 1.07. The lowest BCUT2D eigenvalue weighted by molar-refractivity contribution is -0.187. The third kappa shape index (κ3) is 4.86. The molecule has 1 aliphatic heterocycles. The van der Waals surface area contributed by atoms with E-state index in [2.05, 4.69) is 0 Å². The number of rotatable bonds is 4. The number of nitrogens with zero attached hydrogens (tertiary/aromatic N) is 1. The van der Waals surface area contributed by atoms with Crippen LogP contribution in [0.3, 0.4) is 0 Å². The second-order valence-electron chi connectivity index (χ2n) is 8.04. The molecule has 2 unspecified atom stereocenters. The van der Waals surface area contributed by atoms with E-state index in [4.69, 9.17) is 0 Å². The van der Waals surface area contributed by atoms with Gasteiger partial charge in [-0.2, -0.15) is 13.2 Å². The smallest absolute Gasteiger partial charge is 0.391 e. The van der Waals surface area contributed by atoms with E-state index in [-0.39, 0.29) is 24.7 Å². The van der Waals surface area contributed by atoms with Crippen LogP contribution in [-0.4, -0.2) is 41.1 Å². The summed E-state index contributed by atoms with van der Waals surface area (Å²) in [7, 11) is 0. The molecule has 1 saturated heterocycles. The number of alkyl halides is 3. The number of benzene rings is 1. The fourth-order valence-electron chi connectivity index (χ4n) is 4.55. The third-order valence-electron chi connectivity index (χ3n) is 6.17. The van der Waals surface area contributed by atoms with Gasteiger partial charge in [0, 0.05) is 19.0 Å². The molecule has 1 aromatic rings. The van der Waals surface area contributed by atoms with Crippen molar-refractivity contribution in [2.24, 2.45) is 17.8 Å². The van der Waals surface area contributed by atoms with Gasteiger partial charge in [-0.1, -0.05) is 24.6 Å². The quantitative estimate of drug-likeness (QED) is 0.812. The van der Waals surface area contributed by atoms with Gasteiger partial charge in [0.1, 0.15) is 0 Å². The molecule has 1 heterocycles. The maximum atomic E-state index is 13.0. The molecule has 2 aliphatic rings. The van der Waals surface area contributed by atoms with Crippen LogP contribution < -0.4 is 0 Å². The van der Waals surface area contributed by atoms with Crippen LogP contribution in [0.5, 0.6) is 0 Å². The Hall–Kier alpha value is -2.05. The molecular weight excluding hydrogens is 371 g/mol. The molecule has 0 spiro atoms. The van der Waals surface area contributed by atoms with E-state index in [0.717, 1.165) is 18.4 Å². The van der Waals surface area contributed by atoms with E-state index in [1.165, 1.54) is 0 Å². The Kier molecular flexibility index (Phi) is 6.30. The van der Waals surface area contributed by atoms with Gasteiger partial charge in [-0.15, -0.1) is 0 Å². The van der Waals surface area contributed by atoms with Crippen LogP contribution in [0.4, 0.5) is 13.2 Å². The van der Waals surface area contributed by atoms with Crippen molar-refractivity contribution in [3.63, 3.8) is 0 Å².